The van der Waals surface area contributed by atoms with Crippen molar-refractivity contribution in [2.45, 2.75) is 73.6 Å². The molecule has 2 atom stereocenters. The van der Waals surface area contributed by atoms with E-state index in [0.29, 0.717) is 16.2 Å². The Morgan fingerprint density at radius 2 is 1.44 bits per heavy atom. The first kappa shape index (κ1) is 14.2. The molecule has 0 amide bonds. The molecule has 2 rings (SSSR count). The Morgan fingerprint density at radius 1 is 0.889 bits per heavy atom. The molecule has 0 N–H and O–H groups in total. The molecular weight excluding hydrogens is 216 g/mol. The van der Waals surface area contributed by atoms with Crippen molar-refractivity contribution >= 4 is 0 Å². The molecule has 2 unspecified atom stereocenters. The first-order valence-corrected chi connectivity index (χ1v) is 7.85. The Kier molecular flexibility index (Phi) is 3.45. The van der Waals surface area contributed by atoms with Crippen LogP contribution in [-0.4, -0.2) is 0 Å². The normalized spacial score (nSPS) is 32.1. The molecule has 0 heterocycles. The van der Waals surface area contributed by atoms with Crippen molar-refractivity contribution in [2.24, 2.45) is 28.1 Å². The van der Waals surface area contributed by atoms with Gasteiger partial charge in [0.25, 0.3) is 0 Å². The van der Waals surface area contributed by atoms with Crippen LogP contribution in [0, 0.1) is 28.1 Å². The van der Waals surface area contributed by atoms with Gasteiger partial charge in [0.1, 0.15) is 0 Å². The molecule has 0 aromatic carbocycles. The van der Waals surface area contributed by atoms with E-state index in [9.17, 15) is 0 Å². The van der Waals surface area contributed by atoms with Crippen molar-refractivity contribution in [3.8, 4) is 0 Å². The lowest BCUT2D eigenvalue weighted by atomic mass is 9.42. The summed E-state index contributed by atoms with van der Waals surface area (Å²) in [5, 5.41) is 0. The largest absolute Gasteiger partial charge is 0.0882 e. The van der Waals surface area contributed by atoms with Crippen LogP contribution < -0.4 is 0 Å². The highest BCUT2D eigenvalue weighted by atomic mass is 14.6. The molecular formula is C18H32. The molecule has 0 aromatic heterocycles. The average molecular weight is 248 g/mol. The van der Waals surface area contributed by atoms with Crippen molar-refractivity contribution in [2.75, 3.05) is 0 Å². The third-order valence-corrected chi connectivity index (χ3v) is 6.02. The number of hydrogen-bond acceptors (Lipinski definition) is 0. The lowest BCUT2D eigenvalue weighted by molar-refractivity contribution is -0.133. The molecule has 0 heteroatoms. The van der Waals surface area contributed by atoms with Crippen molar-refractivity contribution in [1.29, 1.82) is 0 Å². The highest BCUT2D eigenvalue weighted by Crippen LogP contribution is 2.65. The lowest BCUT2D eigenvalue weighted by Crippen LogP contribution is -2.55. The van der Waals surface area contributed by atoms with Crippen molar-refractivity contribution in [3.05, 3.63) is 12.2 Å². The molecule has 0 aliphatic heterocycles. The van der Waals surface area contributed by atoms with Gasteiger partial charge >= 0.3 is 0 Å². The van der Waals surface area contributed by atoms with Crippen LogP contribution >= 0.6 is 0 Å². The molecule has 2 aliphatic carbocycles. The zero-order chi connectivity index (χ0) is 13.6. The van der Waals surface area contributed by atoms with Crippen LogP contribution in [0.3, 0.4) is 0 Å². The zero-order valence-electron chi connectivity index (χ0n) is 13.3. The van der Waals surface area contributed by atoms with Crippen LogP contribution in [-0.2, 0) is 0 Å². The molecule has 1 fully saturated rings. The van der Waals surface area contributed by atoms with Gasteiger partial charge in [0.2, 0.25) is 0 Å². The van der Waals surface area contributed by atoms with E-state index in [2.05, 4.69) is 53.7 Å². The van der Waals surface area contributed by atoms with Crippen molar-refractivity contribution in [3.63, 3.8) is 0 Å². The maximum absolute atomic E-state index is 2.49. The minimum absolute atomic E-state index is 0.403. The summed E-state index contributed by atoms with van der Waals surface area (Å²) in [5.41, 5.74) is 1.30. The Morgan fingerprint density at radius 3 is 2.00 bits per heavy atom. The van der Waals surface area contributed by atoms with Gasteiger partial charge in [0.05, 0.1) is 0 Å². The summed E-state index contributed by atoms with van der Waals surface area (Å²) in [7, 11) is 0. The van der Waals surface area contributed by atoms with Gasteiger partial charge in [-0.3, -0.25) is 0 Å². The second-order valence-corrected chi connectivity index (χ2v) is 8.67. The van der Waals surface area contributed by atoms with Gasteiger partial charge in [-0.25, -0.2) is 0 Å². The Labute approximate surface area is 114 Å². The van der Waals surface area contributed by atoms with E-state index in [1.165, 1.54) is 32.1 Å². The topological polar surface area (TPSA) is 0 Å². The van der Waals surface area contributed by atoms with Crippen LogP contribution in [0.2, 0.25) is 0 Å². The van der Waals surface area contributed by atoms with Gasteiger partial charge in [-0.1, -0.05) is 60.1 Å². The van der Waals surface area contributed by atoms with E-state index in [-0.39, 0.29) is 0 Å². The molecule has 0 aromatic rings. The molecule has 0 bridgehead atoms. The Balaban J connectivity index is 2.48. The van der Waals surface area contributed by atoms with Gasteiger partial charge < -0.3 is 0 Å². The smallest absolute Gasteiger partial charge is 0.0166 e. The minimum Gasteiger partial charge on any atom is -0.0882 e. The number of allylic oxidation sites excluding steroid dienone is 2. The fourth-order valence-corrected chi connectivity index (χ4v) is 5.61. The Hall–Kier alpha value is -0.260. The maximum Gasteiger partial charge on any atom is -0.0166 e. The second-order valence-electron chi connectivity index (χ2n) is 8.67. The van der Waals surface area contributed by atoms with Crippen molar-refractivity contribution < 1.29 is 0 Å². The molecule has 0 spiro atoms. The van der Waals surface area contributed by atoms with Gasteiger partial charge in [-0.05, 0) is 53.8 Å². The highest BCUT2D eigenvalue weighted by molar-refractivity contribution is 5.10. The summed E-state index contributed by atoms with van der Waals surface area (Å²) in [6.45, 7) is 14.9. The van der Waals surface area contributed by atoms with E-state index < -0.39 is 0 Å². The first-order valence-electron chi connectivity index (χ1n) is 7.85. The van der Waals surface area contributed by atoms with Gasteiger partial charge in [-0.2, -0.15) is 0 Å². The predicted molar refractivity (Wildman–Crippen MR) is 80.5 cm³/mol. The minimum atomic E-state index is 0.403. The zero-order valence-corrected chi connectivity index (χ0v) is 13.3. The fraction of sp³-hybridized carbons (Fsp3) is 0.889. The third kappa shape index (κ3) is 1.96. The number of hydrogen-bond donors (Lipinski definition) is 0. The monoisotopic (exact) mass is 248 g/mol. The molecule has 104 valence electrons. The standard InChI is InChI=1S/C18H32/c1-16(2,3)18(17(4,5)6)13-9-11-14-10-7-8-12-15(14)18/h7-8,14-15H,9-13H2,1-6H3. The number of fused-ring (bicyclic) bond motifs is 1. The van der Waals surface area contributed by atoms with Crippen LogP contribution in [0.4, 0.5) is 0 Å². The van der Waals surface area contributed by atoms with Gasteiger partial charge in [0, 0.05) is 0 Å². The van der Waals surface area contributed by atoms with E-state index in [1.54, 1.807) is 0 Å². The molecule has 0 nitrogen and oxygen atoms in total. The lowest BCUT2D eigenvalue weighted by Gasteiger charge is -2.63. The fourth-order valence-electron chi connectivity index (χ4n) is 5.61. The SMILES string of the molecule is CC(C)(C)C1(C(C)(C)C)CCCC2CC=CCC21. The van der Waals surface area contributed by atoms with E-state index >= 15 is 0 Å². The van der Waals surface area contributed by atoms with E-state index in [0.717, 1.165) is 11.8 Å². The van der Waals surface area contributed by atoms with E-state index in [4.69, 9.17) is 0 Å². The first-order chi connectivity index (χ1) is 8.20. The maximum atomic E-state index is 2.49. The van der Waals surface area contributed by atoms with Crippen LogP contribution in [0.5, 0.6) is 0 Å². The molecule has 18 heavy (non-hydrogen) atoms. The van der Waals surface area contributed by atoms with Gasteiger partial charge in [-0.15, -0.1) is 0 Å². The summed E-state index contributed by atoms with van der Waals surface area (Å²) in [6, 6.07) is 0. The quantitative estimate of drug-likeness (QED) is 0.473. The number of rotatable bonds is 0. The van der Waals surface area contributed by atoms with E-state index in [1.807, 2.05) is 0 Å². The summed E-state index contributed by atoms with van der Waals surface area (Å²) >= 11 is 0. The van der Waals surface area contributed by atoms with Crippen LogP contribution in [0.25, 0.3) is 0 Å². The molecule has 0 saturated heterocycles. The Bertz CT molecular complexity index is 307. The summed E-state index contributed by atoms with van der Waals surface area (Å²) in [4.78, 5) is 0. The molecule has 0 radical (unpaired) electrons. The third-order valence-electron chi connectivity index (χ3n) is 6.02. The summed E-state index contributed by atoms with van der Waals surface area (Å²) in [5.74, 6) is 1.85. The van der Waals surface area contributed by atoms with Crippen LogP contribution in [0.15, 0.2) is 12.2 Å². The van der Waals surface area contributed by atoms with Crippen LogP contribution in [0.1, 0.15) is 73.6 Å². The average Bonchev–Trinajstić information content (AvgIpc) is 2.25. The molecule has 1 saturated carbocycles. The second kappa shape index (κ2) is 4.39. The highest BCUT2D eigenvalue weighted by Gasteiger charge is 2.57. The molecule has 2 aliphatic rings. The van der Waals surface area contributed by atoms with Gasteiger partial charge in [0.15, 0.2) is 0 Å². The predicted octanol–water partition coefficient (Wildman–Crippen LogP) is 5.83. The summed E-state index contributed by atoms with van der Waals surface area (Å²) < 4.78 is 0. The van der Waals surface area contributed by atoms with Crippen molar-refractivity contribution in [1.82, 2.24) is 0 Å². The summed E-state index contributed by atoms with van der Waals surface area (Å²) in [6.07, 6.45) is 11.9.